The third-order valence-electron chi connectivity index (χ3n) is 2.18. The summed E-state index contributed by atoms with van der Waals surface area (Å²) in [5, 5.41) is 5.73. The molecule has 2 amide bonds. The maximum Gasteiger partial charge on any atom is 0.242 e. The van der Waals surface area contributed by atoms with Crippen molar-refractivity contribution in [2.24, 2.45) is 0 Å². The number of halogens is 1. The Kier molecular flexibility index (Phi) is 7.07. The minimum absolute atomic E-state index is 0. The number of rotatable bonds is 2. The first-order valence-corrected chi connectivity index (χ1v) is 4.93. The Morgan fingerprint density at radius 1 is 1.33 bits per heavy atom. The molecule has 15 heavy (non-hydrogen) atoms. The summed E-state index contributed by atoms with van der Waals surface area (Å²) in [7, 11) is 0. The summed E-state index contributed by atoms with van der Waals surface area (Å²) < 4.78 is 0. The topological polar surface area (TPSA) is 61.4 Å². The zero-order valence-electron chi connectivity index (χ0n) is 8.91. The van der Waals surface area contributed by atoms with Gasteiger partial charge in [-0.1, -0.05) is 0 Å². The van der Waals surface area contributed by atoms with Gasteiger partial charge in [0.2, 0.25) is 11.8 Å². The van der Waals surface area contributed by atoms with Gasteiger partial charge < -0.3 is 15.5 Å². The second kappa shape index (κ2) is 7.48. The summed E-state index contributed by atoms with van der Waals surface area (Å²) >= 11 is 0. The largest absolute Gasteiger partial charge is 0.347 e. The third-order valence-corrected chi connectivity index (χ3v) is 2.18. The highest BCUT2D eigenvalue weighted by Gasteiger charge is 2.14. The van der Waals surface area contributed by atoms with Crippen molar-refractivity contribution in [2.75, 3.05) is 32.7 Å². The molecule has 1 rings (SSSR count). The highest BCUT2D eigenvalue weighted by Crippen LogP contribution is 1.95. The van der Waals surface area contributed by atoms with Gasteiger partial charge in [-0.2, -0.15) is 0 Å². The van der Waals surface area contributed by atoms with Gasteiger partial charge in [0.15, 0.2) is 0 Å². The van der Waals surface area contributed by atoms with E-state index in [1.165, 1.54) is 6.92 Å². The Hall–Kier alpha value is -0.810. The van der Waals surface area contributed by atoms with E-state index in [1.807, 2.05) is 0 Å². The van der Waals surface area contributed by atoms with Crippen LogP contribution in [0.1, 0.15) is 13.3 Å². The van der Waals surface area contributed by atoms with Crippen molar-refractivity contribution < 1.29 is 9.59 Å². The van der Waals surface area contributed by atoms with Gasteiger partial charge in [-0.05, 0) is 13.0 Å². The molecule has 0 bridgehead atoms. The van der Waals surface area contributed by atoms with Gasteiger partial charge in [0.05, 0.1) is 6.54 Å². The normalized spacial score (nSPS) is 16.2. The fourth-order valence-electron chi connectivity index (χ4n) is 1.41. The Morgan fingerprint density at radius 3 is 2.73 bits per heavy atom. The Morgan fingerprint density at radius 2 is 2.07 bits per heavy atom. The number of carbonyl (C=O) groups excluding carboxylic acids is 2. The number of hydrogen-bond acceptors (Lipinski definition) is 3. The molecule has 0 aromatic heterocycles. The van der Waals surface area contributed by atoms with E-state index in [2.05, 4.69) is 10.6 Å². The van der Waals surface area contributed by atoms with E-state index >= 15 is 0 Å². The molecule has 0 atom stereocenters. The Balaban J connectivity index is 0.00000196. The van der Waals surface area contributed by atoms with Crippen LogP contribution in [0.2, 0.25) is 0 Å². The quantitative estimate of drug-likeness (QED) is 0.670. The Labute approximate surface area is 96.0 Å². The SMILES string of the molecule is CC(=O)NCC(=O)N1CCCNCC1.Cl. The van der Waals surface area contributed by atoms with Crippen LogP contribution in [0.5, 0.6) is 0 Å². The van der Waals surface area contributed by atoms with Crippen LogP contribution in [-0.4, -0.2) is 49.4 Å². The van der Waals surface area contributed by atoms with E-state index in [-0.39, 0.29) is 30.8 Å². The summed E-state index contributed by atoms with van der Waals surface area (Å²) in [6, 6.07) is 0. The van der Waals surface area contributed by atoms with E-state index in [0.717, 1.165) is 32.6 Å². The summed E-state index contributed by atoms with van der Waals surface area (Å²) in [4.78, 5) is 23.9. The lowest BCUT2D eigenvalue weighted by Crippen LogP contribution is -2.41. The molecule has 1 saturated heterocycles. The lowest BCUT2D eigenvalue weighted by molar-refractivity contribution is -0.132. The van der Waals surface area contributed by atoms with Crippen LogP contribution in [0.3, 0.4) is 0 Å². The fourth-order valence-corrected chi connectivity index (χ4v) is 1.41. The second-order valence-electron chi connectivity index (χ2n) is 3.39. The van der Waals surface area contributed by atoms with Crippen LogP contribution in [0.25, 0.3) is 0 Å². The zero-order chi connectivity index (χ0) is 10.4. The molecular formula is C9H18ClN3O2. The van der Waals surface area contributed by atoms with Gasteiger partial charge >= 0.3 is 0 Å². The van der Waals surface area contributed by atoms with E-state index in [1.54, 1.807) is 4.90 Å². The average Bonchev–Trinajstić information content (AvgIpc) is 2.42. The monoisotopic (exact) mass is 235 g/mol. The summed E-state index contributed by atoms with van der Waals surface area (Å²) in [6.45, 7) is 4.85. The number of nitrogens with zero attached hydrogens (tertiary/aromatic N) is 1. The van der Waals surface area contributed by atoms with Crippen molar-refractivity contribution in [3.05, 3.63) is 0 Å². The third kappa shape index (κ3) is 5.59. The highest BCUT2D eigenvalue weighted by molar-refractivity contribution is 5.85. The maximum atomic E-state index is 11.5. The molecule has 0 unspecified atom stereocenters. The zero-order valence-corrected chi connectivity index (χ0v) is 9.73. The van der Waals surface area contributed by atoms with Gasteiger partial charge in [0.1, 0.15) is 0 Å². The minimum Gasteiger partial charge on any atom is -0.347 e. The van der Waals surface area contributed by atoms with Crippen LogP contribution in [0.4, 0.5) is 0 Å². The maximum absolute atomic E-state index is 11.5. The van der Waals surface area contributed by atoms with Crippen molar-refractivity contribution in [1.29, 1.82) is 0 Å². The first-order chi connectivity index (χ1) is 6.70. The molecule has 2 N–H and O–H groups in total. The van der Waals surface area contributed by atoms with Gasteiger partial charge in [-0.25, -0.2) is 0 Å². The van der Waals surface area contributed by atoms with Crippen LogP contribution in [0, 0.1) is 0 Å². The molecular weight excluding hydrogens is 218 g/mol. The molecule has 1 heterocycles. The minimum atomic E-state index is -0.161. The van der Waals surface area contributed by atoms with Crippen LogP contribution in [-0.2, 0) is 9.59 Å². The predicted molar refractivity (Wildman–Crippen MR) is 60.0 cm³/mol. The van der Waals surface area contributed by atoms with E-state index in [9.17, 15) is 9.59 Å². The van der Waals surface area contributed by atoms with Gasteiger partial charge in [0.25, 0.3) is 0 Å². The molecule has 1 aliphatic rings. The van der Waals surface area contributed by atoms with Crippen LogP contribution in [0.15, 0.2) is 0 Å². The average molecular weight is 236 g/mol. The van der Waals surface area contributed by atoms with E-state index < -0.39 is 0 Å². The molecule has 0 aromatic rings. The molecule has 6 heteroatoms. The molecule has 0 spiro atoms. The highest BCUT2D eigenvalue weighted by atomic mass is 35.5. The lowest BCUT2D eigenvalue weighted by atomic mass is 10.4. The molecule has 0 saturated carbocycles. The number of nitrogens with one attached hydrogen (secondary N) is 2. The second-order valence-corrected chi connectivity index (χ2v) is 3.39. The Bertz CT molecular complexity index is 215. The standard InChI is InChI=1S/C9H17N3O2.ClH/c1-8(13)11-7-9(14)12-5-2-3-10-4-6-12;/h10H,2-7H2,1H3,(H,11,13);1H. The molecule has 88 valence electrons. The number of amides is 2. The van der Waals surface area contributed by atoms with Crippen molar-refractivity contribution in [3.63, 3.8) is 0 Å². The predicted octanol–water partition coefficient (Wildman–Crippen LogP) is -0.634. The van der Waals surface area contributed by atoms with Crippen LogP contribution < -0.4 is 10.6 Å². The van der Waals surface area contributed by atoms with Crippen LogP contribution >= 0.6 is 12.4 Å². The van der Waals surface area contributed by atoms with Crippen molar-refractivity contribution in [2.45, 2.75) is 13.3 Å². The summed E-state index contributed by atoms with van der Waals surface area (Å²) in [5.74, 6) is -0.157. The van der Waals surface area contributed by atoms with Crippen molar-refractivity contribution in [1.82, 2.24) is 15.5 Å². The molecule has 0 aliphatic carbocycles. The number of hydrogen-bond donors (Lipinski definition) is 2. The lowest BCUT2D eigenvalue weighted by Gasteiger charge is -2.19. The smallest absolute Gasteiger partial charge is 0.242 e. The molecule has 0 aromatic carbocycles. The van der Waals surface area contributed by atoms with Crippen molar-refractivity contribution in [3.8, 4) is 0 Å². The summed E-state index contributed by atoms with van der Waals surface area (Å²) in [5.41, 5.74) is 0. The first-order valence-electron chi connectivity index (χ1n) is 4.93. The first kappa shape index (κ1) is 14.2. The number of carbonyl (C=O) groups is 2. The van der Waals surface area contributed by atoms with Gasteiger partial charge in [-0.15, -0.1) is 12.4 Å². The van der Waals surface area contributed by atoms with Crippen molar-refractivity contribution >= 4 is 24.2 Å². The van der Waals surface area contributed by atoms with E-state index in [0.29, 0.717) is 0 Å². The van der Waals surface area contributed by atoms with E-state index in [4.69, 9.17) is 0 Å². The molecule has 0 radical (unpaired) electrons. The molecule has 5 nitrogen and oxygen atoms in total. The van der Waals surface area contributed by atoms with Gasteiger partial charge in [-0.3, -0.25) is 9.59 Å². The molecule has 1 fully saturated rings. The van der Waals surface area contributed by atoms with Gasteiger partial charge in [0, 0.05) is 26.6 Å². The summed E-state index contributed by atoms with van der Waals surface area (Å²) in [6.07, 6.45) is 0.978. The fraction of sp³-hybridized carbons (Fsp3) is 0.778. The molecule has 1 aliphatic heterocycles.